The first-order chi connectivity index (χ1) is 19.3. The van der Waals surface area contributed by atoms with Crippen molar-refractivity contribution in [2.75, 3.05) is 34.4 Å². The SMILES string of the molecule is CCCCCCCC[N+](C)(CCCCCCCC)Cc1cc(O)c2c(c1)C(=O)c1cc(OC)cc(OC)c1C2=O.[Br-]. The molecule has 1 N–H and O–H groups in total. The van der Waals surface area contributed by atoms with Crippen LogP contribution < -0.4 is 26.5 Å². The van der Waals surface area contributed by atoms with Crippen LogP contribution in [0.4, 0.5) is 0 Å². The number of carbonyl (C=O) groups excluding carboxylic acids is 2. The van der Waals surface area contributed by atoms with Crippen molar-refractivity contribution in [1.29, 1.82) is 0 Å². The summed E-state index contributed by atoms with van der Waals surface area (Å²) in [7, 11) is 5.27. The lowest BCUT2D eigenvalue weighted by atomic mass is 9.82. The zero-order valence-corrected chi connectivity index (χ0v) is 27.4. The number of benzene rings is 2. The molecule has 0 radical (unpaired) electrons. The Labute approximate surface area is 257 Å². The fourth-order valence-electron chi connectivity index (χ4n) is 6.00. The first-order valence-corrected chi connectivity index (χ1v) is 15.3. The lowest BCUT2D eigenvalue weighted by Gasteiger charge is -2.35. The van der Waals surface area contributed by atoms with Crippen LogP contribution in [0.25, 0.3) is 0 Å². The zero-order chi connectivity index (χ0) is 29.1. The van der Waals surface area contributed by atoms with Crippen LogP contribution in [-0.2, 0) is 6.54 Å². The minimum atomic E-state index is -0.399. The summed E-state index contributed by atoms with van der Waals surface area (Å²) in [5.74, 6) is -0.115. The van der Waals surface area contributed by atoms with Crippen LogP contribution in [0, 0.1) is 0 Å². The number of methoxy groups -OCH3 is 2. The van der Waals surface area contributed by atoms with Crippen molar-refractivity contribution in [3.8, 4) is 17.2 Å². The van der Waals surface area contributed by atoms with Crippen molar-refractivity contribution in [1.82, 2.24) is 0 Å². The summed E-state index contributed by atoms with van der Waals surface area (Å²) < 4.78 is 11.6. The smallest absolute Gasteiger partial charge is 0.201 e. The second kappa shape index (κ2) is 16.9. The van der Waals surface area contributed by atoms with E-state index < -0.39 is 5.78 Å². The molecule has 0 amide bonds. The number of nitrogens with zero attached hydrogens (tertiary/aromatic N) is 1. The maximum Gasteiger partial charge on any atom is 0.201 e. The van der Waals surface area contributed by atoms with Crippen molar-refractivity contribution in [2.45, 2.75) is 97.4 Å². The third-order valence-electron chi connectivity index (χ3n) is 8.32. The Morgan fingerprint density at radius 2 is 1.22 bits per heavy atom. The standard InChI is InChI=1S/C34H49NO5.BrH/c1-6-8-10-12-14-16-18-35(3,19-17-15-13-11-9-7-2)24-25-20-27-31(29(36)21-25)34(38)32-28(33(27)37)22-26(39-4)23-30(32)40-5;/h20-23H,6-19,24H2,1-5H3;1H. The minimum Gasteiger partial charge on any atom is -1.00 e. The zero-order valence-electron chi connectivity index (χ0n) is 25.8. The van der Waals surface area contributed by atoms with Crippen molar-refractivity contribution in [2.24, 2.45) is 0 Å². The average Bonchev–Trinajstić information content (AvgIpc) is 2.94. The Bertz CT molecular complexity index is 1150. The number of unbranched alkanes of at least 4 members (excludes halogenated alkanes) is 10. The molecule has 0 bridgehead atoms. The van der Waals surface area contributed by atoms with Crippen LogP contribution in [0.5, 0.6) is 17.2 Å². The van der Waals surface area contributed by atoms with Gasteiger partial charge in [0.25, 0.3) is 0 Å². The number of ether oxygens (including phenoxy) is 2. The van der Waals surface area contributed by atoms with Crippen LogP contribution in [0.2, 0.25) is 0 Å². The van der Waals surface area contributed by atoms with Gasteiger partial charge in [0.1, 0.15) is 23.8 Å². The molecule has 6 nitrogen and oxygen atoms in total. The monoisotopic (exact) mass is 631 g/mol. The van der Waals surface area contributed by atoms with E-state index in [4.69, 9.17) is 9.47 Å². The topological polar surface area (TPSA) is 72.8 Å². The Hall–Kier alpha value is -2.38. The predicted octanol–water partition coefficient (Wildman–Crippen LogP) is 4.86. The van der Waals surface area contributed by atoms with Gasteiger partial charge in [-0.1, -0.05) is 65.2 Å². The summed E-state index contributed by atoms with van der Waals surface area (Å²) in [5, 5.41) is 11.1. The van der Waals surface area contributed by atoms with E-state index >= 15 is 0 Å². The number of halogens is 1. The van der Waals surface area contributed by atoms with E-state index in [1.807, 2.05) is 6.07 Å². The maximum atomic E-state index is 13.7. The van der Waals surface area contributed by atoms with Crippen LogP contribution in [0.3, 0.4) is 0 Å². The Balaban J connectivity index is 0.00000588. The number of aromatic hydroxyl groups is 1. The fraction of sp³-hybridized carbons (Fsp3) is 0.588. The van der Waals surface area contributed by atoms with Gasteiger partial charge in [-0.05, 0) is 43.9 Å². The molecule has 2 aromatic carbocycles. The van der Waals surface area contributed by atoms with E-state index in [1.54, 1.807) is 18.2 Å². The molecule has 0 aliphatic heterocycles. The van der Waals surface area contributed by atoms with Gasteiger partial charge in [0.15, 0.2) is 5.78 Å². The molecular weight excluding hydrogens is 582 g/mol. The average molecular weight is 633 g/mol. The Morgan fingerprint density at radius 1 is 0.683 bits per heavy atom. The third-order valence-corrected chi connectivity index (χ3v) is 8.32. The predicted molar refractivity (Wildman–Crippen MR) is 161 cm³/mol. The molecule has 0 unspecified atom stereocenters. The number of phenols is 1. The van der Waals surface area contributed by atoms with Crippen molar-refractivity contribution in [3.63, 3.8) is 0 Å². The van der Waals surface area contributed by atoms with Crippen molar-refractivity contribution in [3.05, 3.63) is 52.1 Å². The Morgan fingerprint density at radius 3 is 1.76 bits per heavy atom. The van der Waals surface area contributed by atoms with Gasteiger partial charge in [-0.2, -0.15) is 0 Å². The van der Waals surface area contributed by atoms with E-state index in [2.05, 4.69) is 20.9 Å². The molecule has 0 spiro atoms. The van der Waals surface area contributed by atoms with Gasteiger partial charge in [-0.15, -0.1) is 0 Å². The largest absolute Gasteiger partial charge is 1.00 e. The molecule has 1 aliphatic rings. The molecule has 0 saturated carbocycles. The number of phenolic OH excluding ortho intramolecular Hbond substituents is 1. The summed E-state index contributed by atoms with van der Waals surface area (Å²) in [4.78, 5) is 27.2. The van der Waals surface area contributed by atoms with E-state index in [9.17, 15) is 14.7 Å². The number of hydrogen-bond donors (Lipinski definition) is 1. The highest BCUT2D eigenvalue weighted by Crippen LogP contribution is 2.40. The molecular formula is C34H50BrNO5. The van der Waals surface area contributed by atoms with E-state index in [-0.39, 0.29) is 56.5 Å². The highest BCUT2D eigenvalue weighted by molar-refractivity contribution is 6.30. The summed E-state index contributed by atoms with van der Waals surface area (Å²) in [5.41, 5.74) is 1.63. The van der Waals surface area contributed by atoms with E-state index in [0.717, 1.165) is 36.0 Å². The molecule has 0 atom stereocenters. The number of carbonyl (C=O) groups is 2. The molecule has 0 aromatic heterocycles. The highest BCUT2D eigenvalue weighted by Gasteiger charge is 2.36. The third kappa shape index (κ3) is 9.05. The summed E-state index contributed by atoms with van der Waals surface area (Å²) in [6.07, 6.45) is 15.0. The fourth-order valence-corrected chi connectivity index (χ4v) is 6.00. The quantitative estimate of drug-likeness (QED) is 0.160. The lowest BCUT2D eigenvalue weighted by Crippen LogP contribution is -3.00. The summed E-state index contributed by atoms with van der Waals surface area (Å²) in [6.45, 7) is 7.31. The number of ketones is 2. The highest BCUT2D eigenvalue weighted by atomic mass is 79.9. The van der Waals surface area contributed by atoms with Gasteiger partial charge in [0.2, 0.25) is 5.78 Å². The minimum absolute atomic E-state index is 0. The molecule has 1 aliphatic carbocycles. The number of rotatable bonds is 18. The van der Waals surface area contributed by atoms with Gasteiger partial charge in [0, 0.05) is 22.8 Å². The normalized spacial score (nSPS) is 12.5. The summed E-state index contributed by atoms with van der Waals surface area (Å²) in [6, 6.07) is 6.68. The Kier molecular flexibility index (Phi) is 14.4. The van der Waals surface area contributed by atoms with Gasteiger partial charge in [0.05, 0.1) is 45.5 Å². The van der Waals surface area contributed by atoms with Crippen molar-refractivity contribution >= 4 is 11.6 Å². The first-order valence-electron chi connectivity index (χ1n) is 15.3. The van der Waals surface area contributed by atoms with Gasteiger partial charge >= 0.3 is 0 Å². The number of quaternary nitrogens is 1. The molecule has 3 rings (SSSR count). The molecule has 7 heteroatoms. The molecule has 0 heterocycles. The molecule has 0 saturated heterocycles. The van der Waals surface area contributed by atoms with Crippen LogP contribution in [0.1, 0.15) is 128 Å². The van der Waals surface area contributed by atoms with Crippen LogP contribution >= 0.6 is 0 Å². The van der Waals surface area contributed by atoms with Gasteiger partial charge < -0.3 is 36.0 Å². The second-order valence-corrected chi connectivity index (χ2v) is 11.7. The molecule has 41 heavy (non-hydrogen) atoms. The molecule has 0 fully saturated rings. The van der Waals surface area contributed by atoms with Gasteiger partial charge in [-0.3, -0.25) is 9.59 Å². The number of hydrogen-bond acceptors (Lipinski definition) is 5. The van der Waals surface area contributed by atoms with Gasteiger partial charge in [-0.25, -0.2) is 0 Å². The van der Waals surface area contributed by atoms with Crippen molar-refractivity contribution < 1.29 is 45.6 Å². The second-order valence-electron chi connectivity index (χ2n) is 11.7. The lowest BCUT2D eigenvalue weighted by molar-refractivity contribution is -0.923. The van der Waals surface area contributed by atoms with Crippen LogP contribution in [0.15, 0.2) is 24.3 Å². The number of fused-ring (bicyclic) bond motifs is 2. The van der Waals surface area contributed by atoms with E-state index in [1.165, 1.54) is 78.4 Å². The molecule has 2 aromatic rings. The molecule has 228 valence electrons. The van der Waals surface area contributed by atoms with E-state index in [0.29, 0.717) is 12.3 Å². The summed E-state index contributed by atoms with van der Waals surface area (Å²) >= 11 is 0. The first kappa shape index (κ1) is 34.8. The maximum absolute atomic E-state index is 13.7. The van der Waals surface area contributed by atoms with Crippen LogP contribution in [-0.4, -0.2) is 55.5 Å².